The molecular weight excluding hydrogens is 286 g/mol. The van der Waals surface area contributed by atoms with Crippen LogP contribution in [0, 0.1) is 10.1 Å². The van der Waals surface area contributed by atoms with E-state index in [2.05, 4.69) is 4.98 Å². The number of methoxy groups -OCH3 is 1. The van der Waals surface area contributed by atoms with Crippen LogP contribution in [0.15, 0.2) is 42.7 Å². The van der Waals surface area contributed by atoms with Gasteiger partial charge >= 0.3 is 5.69 Å². The number of nitrogens with zero attached hydrogens (tertiary/aromatic N) is 3. The predicted octanol–water partition coefficient (Wildman–Crippen LogP) is 2.27. The van der Waals surface area contributed by atoms with Gasteiger partial charge in [-0.05, 0) is 23.8 Å². The number of ether oxygens (including phenoxy) is 1. The second-order valence-electron chi connectivity index (χ2n) is 4.67. The van der Waals surface area contributed by atoms with Gasteiger partial charge < -0.3 is 9.64 Å². The maximum Gasteiger partial charge on any atom is 0.311 e. The molecule has 0 radical (unpaired) electrons. The van der Waals surface area contributed by atoms with Crippen LogP contribution < -0.4 is 4.74 Å². The molecule has 0 aliphatic carbocycles. The third-order valence-corrected chi connectivity index (χ3v) is 3.11. The maximum atomic E-state index is 12.4. The molecule has 0 unspecified atom stereocenters. The zero-order chi connectivity index (χ0) is 16.1. The summed E-state index contributed by atoms with van der Waals surface area (Å²) < 4.78 is 4.92. The minimum atomic E-state index is -0.573. The number of carbonyl (C=O) groups excluding carboxylic acids is 1. The van der Waals surface area contributed by atoms with Gasteiger partial charge in [-0.15, -0.1) is 0 Å². The van der Waals surface area contributed by atoms with Gasteiger partial charge in [0.15, 0.2) is 5.75 Å². The van der Waals surface area contributed by atoms with Gasteiger partial charge in [0.2, 0.25) is 0 Å². The summed E-state index contributed by atoms with van der Waals surface area (Å²) in [5.41, 5.74) is 0.878. The lowest BCUT2D eigenvalue weighted by Gasteiger charge is -2.17. The van der Waals surface area contributed by atoms with Crippen LogP contribution in [0.5, 0.6) is 5.75 Å². The third kappa shape index (κ3) is 3.38. The van der Waals surface area contributed by atoms with Gasteiger partial charge in [-0.2, -0.15) is 0 Å². The van der Waals surface area contributed by atoms with Crippen LogP contribution in [0.3, 0.4) is 0 Å². The molecule has 7 nitrogen and oxygen atoms in total. The van der Waals surface area contributed by atoms with Crippen LogP contribution in [0.2, 0.25) is 0 Å². The summed E-state index contributed by atoms with van der Waals surface area (Å²) in [5.74, 6) is -0.189. The molecule has 114 valence electrons. The summed E-state index contributed by atoms with van der Waals surface area (Å²) in [5, 5.41) is 11.0. The van der Waals surface area contributed by atoms with E-state index in [9.17, 15) is 14.9 Å². The largest absolute Gasteiger partial charge is 0.490 e. The number of carbonyl (C=O) groups is 1. The number of aromatic nitrogens is 1. The Kier molecular flexibility index (Phi) is 4.67. The van der Waals surface area contributed by atoms with Crippen LogP contribution >= 0.6 is 0 Å². The molecule has 0 saturated carbocycles. The lowest BCUT2D eigenvalue weighted by atomic mass is 10.1. The van der Waals surface area contributed by atoms with Gasteiger partial charge in [-0.25, -0.2) is 0 Å². The first-order chi connectivity index (χ1) is 10.5. The molecule has 0 atom stereocenters. The fourth-order valence-electron chi connectivity index (χ4n) is 2.02. The number of nitro benzene ring substituents is 1. The Labute approximate surface area is 127 Å². The van der Waals surface area contributed by atoms with Crippen LogP contribution in [0.4, 0.5) is 5.69 Å². The van der Waals surface area contributed by atoms with Crippen molar-refractivity contribution < 1.29 is 14.5 Å². The van der Waals surface area contributed by atoms with Crippen molar-refractivity contribution in [2.45, 2.75) is 6.54 Å². The standard InChI is InChI=1S/C15H15N3O4/c1-17(10-11-4-3-7-16-9-11)15(19)12-5-6-14(22-2)13(8-12)18(20)21/h3-9H,10H2,1-2H3. The molecule has 22 heavy (non-hydrogen) atoms. The smallest absolute Gasteiger partial charge is 0.311 e. The molecule has 1 amide bonds. The molecule has 1 aromatic carbocycles. The molecular formula is C15H15N3O4. The molecule has 0 aliphatic rings. The van der Waals surface area contributed by atoms with Crippen molar-refractivity contribution in [3.05, 3.63) is 64.0 Å². The Morgan fingerprint density at radius 2 is 2.18 bits per heavy atom. The summed E-state index contributed by atoms with van der Waals surface area (Å²) in [4.78, 5) is 28.3. The molecule has 0 saturated heterocycles. The highest BCUT2D eigenvalue weighted by Gasteiger charge is 2.20. The van der Waals surface area contributed by atoms with Crippen molar-refractivity contribution in [3.63, 3.8) is 0 Å². The molecule has 2 rings (SSSR count). The molecule has 1 aromatic heterocycles. The highest BCUT2D eigenvalue weighted by Crippen LogP contribution is 2.28. The van der Waals surface area contributed by atoms with Gasteiger partial charge in [-0.1, -0.05) is 6.07 Å². The summed E-state index contributed by atoms with van der Waals surface area (Å²) in [6.45, 7) is 0.368. The number of amides is 1. The first-order valence-electron chi connectivity index (χ1n) is 6.49. The van der Waals surface area contributed by atoms with E-state index in [0.717, 1.165) is 5.56 Å². The van der Waals surface area contributed by atoms with Gasteiger partial charge in [0, 0.05) is 37.6 Å². The summed E-state index contributed by atoms with van der Waals surface area (Å²) in [7, 11) is 2.98. The van der Waals surface area contributed by atoms with E-state index >= 15 is 0 Å². The normalized spacial score (nSPS) is 10.1. The van der Waals surface area contributed by atoms with Gasteiger partial charge in [0.05, 0.1) is 12.0 Å². The Bertz CT molecular complexity index is 688. The zero-order valence-corrected chi connectivity index (χ0v) is 12.2. The Morgan fingerprint density at radius 1 is 1.41 bits per heavy atom. The van der Waals surface area contributed by atoms with E-state index in [4.69, 9.17) is 4.74 Å². The average Bonchev–Trinajstić information content (AvgIpc) is 2.54. The highest BCUT2D eigenvalue weighted by molar-refractivity contribution is 5.95. The van der Waals surface area contributed by atoms with Crippen molar-refractivity contribution in [1.82, 2.24) is 9.88 Å². The molecule has 7 heteroatoms. The van der Waals surface area contributed by atoms with E-state index in [1.54, 1.807) is 25.5 Å². The first kappa shape index (κ1) is 15.4. The lowest BCUT2D eigenvalue weighted by molar-refractivity contribution is -0.385. The lowest BCUT2D eigenvalue weighted by Crippen LogP contribution is -2.26. The molecule has 2 aromatic rings. The van der Waals surface area contributed by atoms with Gasteiger partial charge in [0.25, 0.3) is 5.91 Å². The maximum absolute atomic E-state index is 12.4. The number of pyridine rings is 1. The van der Waals surface area contributed by atoms with Crippen LogP contribution in [0.25, 0.3) is 0 Å². The molecule has 0 spiro atoms. The van der Waals surface area contributed by atoms with Crippen LogP contribution in [-0.4, -0.2) is 34.9 Å². The van der Waals surface area contributed by atoms with E-state index in [1.807, 2.05) is 6.07 Å². The third-order valence-electron chi connectivity index (χ3n) is 3.11. The Hall–Kier alpha value is -2.96. The molecule has 0 fully saturated rings. The van der Waals surface area contributed by atoms with E-state index < -0.39 is 4.92 Å². The minimum Gasteiger partial charge on any atom is -0.490 e. The zero-order valence-electron chi connectivity index (χ0n) is 12.2. The van der Waals surface area contributed by atoms with Crippen LogP contribution in [0.1, 0.15) is 15.9 Å². The fraction of sp³-hybridized carbons (Fsp3) is 0.200. The molecule has 0 N–H and O–H groups in total. The second kappa shape index (κ2) is 6.66. The SMILES string of the molecule is COc1ccc(C(=O)N(C)Cc2cccnc2)cc1[N+](=O)[O-]. The number of nitro groups is 1. The Balaban J connectivity index is 2.22. The van der Waals surface area contributed by atoms with E-state index in [0.29, 0.717) is 6.54 Å². The van der Waals surface area contributed by atoms with E-state index in [-0.39, 0.29) is 22.9 Å². The van der Waals surface area contributed by atoms with Crippen molar-refractivity contribution >= 4 is 11.6 Å². The number of hydrogen-bond donors (Lipinski definition) is 0. The van der Waals surface area contributed by atoms with Crippen molar-refractivity contribution in [3.8, 4) is 5.75 Å². The van der Waals surface area contributed by atoms with E-state index in [1.165, 1.54) is 30.2 Å². The minimum absolute atomic E-state index is 0.122. The fourth-order valence-corrected chi connectivity index (χ4v) is 2.02. The topological polar surface area (TPSA) is 85.6 Å². The molecule has 1 heterocycles. The van der Waals surface area contributed by atoms with Crippen molar-refractivity contribution in [2.75, 3.05) is 14.2 Å². The summed E-state index contributed by atoms with van der Waals surface area (Å²) in [6.07, 6.45) is 3.32. The molecule has 0 aliphatic heterocycles. The number of rotatable bonds is 5. The monoisotopic (exact) mass is 301 g/mol. The predicted molar refractivity (Wildman–Crippen MR) is 79.7 cm³/mol. The summed E-state index contributed by atoms with van der Waals surface area (Å²) >= 11 is 0. The second-order valence-corrected chi connectivity index (χ2v) is 4.67. The number of hydrogen-bond acceptors (Lipinski definition) is 5. The quantitative estimate of drug-likeness (QED) is 0.624. The Morgan fingerprint density at radius 3 is 2.77 bits per heavy atom. The molecule has 0 bridgehead atoms. The highest BCUT2D eigenvalue weighted by atomic mass is 16.6. The van der Waals surface area contributed by atoms with Crippen LogP contribution in [-0.2, 0) is 6.54 Å². The van der Waals surface area contributed by atoms with Crippen molar-refractivity contribution in [2.24, 2.45) is 0 Å². The summed E-state index contributed by atoms with van der Waals surface area (Å²) in [6, 6.07) is 7.79. The van der Waals surface area contributed by atoms with Crippen molar-refractivity contribution in [1.29, 1.82) is 0 Å². The average molecular weight is 301 g/mol. The van der Waals surface area contributed by atoms with Gasteiger partial charge in [0.1, 0.15) is 0 Å². The van der Waals surface area contributed by atoms with Gasteiger partial charge in [-0.3, -0.25) is 19.9 Å². The first-order valence-corrected chi connectivity index (χ1v) is 6.49. The number of benzene rings is 1.